The molecule has 0 fully saturated rings. The van der Waals surface area contributed by atoms with Crippen LogP contribution < -0.4 is 4.74 Å². The molecule has 0 aliphatic rings. The van der Waals surface area contributed by atoms with Crippen LogP contribution in [0.5, 0.6) is 5.75 Å². The Labute approximate surface area is 118 Å². The fourth-order valence-corrected chi connectivity index (χ4v) is 2.31. The molecule has 2 nitrogen and oxygen atoms in total. The minimum atomic E-state index is -0.0807. The highest BCUT2D eigenvalue weighted by Crippen LogP contribution is 2.30. The van der Waals surface area contributed by atoms with E-state index < -0.39 is 0 Å². The first-order valence-electron chi connectivity index (χ1n) is 6.19. The van der Waals surface area contributed by atoms with Crippen LogP contribution >= 0.6 is 11.6 Å². The van der Waals surface area contributed by atoms with Crippen molar-refractivity contribution < 1.29 is 9.84 Å². The molecule has 0 saturated carbocycles. The van der Waals surface area contributed by atoms with Crippen LogP contribution in [-0.4, -0.2) is 5.11 Å². The van der Waals surface area contributed by atoms with Gasteiger partial charge in [0.25, 0.3) is 0 Å². The van der Waals surface area contributed by atoms with E-state index >= 15 is 0 Å². The Morgan fingerprint density at radius 2 is 1.68 bits per heavy atom. The maximum Gasteiger partial charge on any atom is 0.143 e. The summed E-state index contributed by atoms with van der Waals surface area (Å²) in [5, 5.41) is 9.84. The third-order valence-corrected chi connectivity index (χ3v) is 3.52. The fourth-order valence-electron chi connectivity index (χ4n) is 2.06. The number of aliphatic hydroxyl groups excluding tert-OH is 1. The zero-order chi connectivity index (χ0) is 13.8. The highest BCUT2D eigenvalue weighted by Gasteiger charge is 2.09. The third-order valence-electron chi connectivity index (χ3n) is 3.22. The van der Waals surface area contributed by atoms with Crippen molar-refractivity contribution in [1.82, 2.24) is 0 Å². The number of rotatable bonds is 4. The molecule has 1 N–H and O–H groups in total. The Balaban J connectivity index is 2.24. The average molecular weight is 277 g/mol. The highest BCUT2D eigenvalue weighted by atomic mass is 35.5. The summed E-state index contributed by atoms with van der Waals surface area (Å²) in [5.41, 5.74) is 4.25. The minimum absolute atomic E-state index is 0.0807. The summed E-state index contributed by atoms with van der Waals surface area (Å²) in [6.07, 6.45) is 0. The highest BCUT2D eigenvalue weighted by molar-refractivity contribution is 6.32. The van der Waals surface area contributed by atoms with Gasteiger partial charge >= 0.3 is 0 Å². The minimum Gasteiger partial charge on any atom is -0.487 e. The first kappa shape index (κ1) is 13.9. The smallest absolute Gasteiger partial charge is 0.143 e. The molecule has 19 heavy (non-hydrogen) atoms. The standard InChI is InChI=1S/C16H17ClO2/c1-11-5-3-6-12(2)14(11)10-19-16-13(9-18)7-4-8-15(16)17/h3-8,18H,9-10H2,1-2H3. The number of halogens is 1. The molecule has 0 amide bonds. The SMILES string of the molecule is Cc1cccc(C)c1COc1c(Cl)cccc1CO. The van der Waals surface area contributed by atoms with Crippen LogP contribution in [0.4, 0.5) is 0 Å². The molecular weight excluding hydrogens is 260 g/mol. The van der Waals surface area contributed by atoms with E-state index in [9.17, 15) is 5.11 Å². The van der Waals surface area contributed by atoms with Gasteiger partial charge < -0.3 is 9.84 Å². The quantitative estimate of drug-likeness (QED) is 0.914. The van der Waals surface area contributed by atoms with Crippen LogP contribution in [0.1, 0.15) is 22.3 Å². The first-order valence-corrected chi connectivity index (χ1v) is 6.57. The van der Waals surface area contributed by atoms with E-state index in [4.69, 9.17) is 16.3 Å². The number of aryl methyl sites for hydroxylation is 2. The maximum atomic E-state index is 9.31. The second-order valence-corrected chi connectivity index (χ2v) is 4.95. The number of hydrogen-bond acceptors (Lipinski definition) is 2. The zero-order valence-corrected chi connectivity index (χ0v) is 11.9. The van der Waals surface area contributed by atoms with Gasteiger partial charge in [-0.3, -0.25) is 0 Å². The van der Waals surface area contributed by atoms with Crippen molar-refractivity contribution in [2.24, 2.45) is 0 Å². The summed E-state index contributed by atoms with van der Waals surface area (Å²) in [6.45, 7) is 4.49. The van der Waals surface area contributed by atoms with Crippen molar-refractivity contribution >= 4 is 11.6 Å². The molecule has 2 aromatic rings. The lowest BCUT2D eigenvalue weighted by molar-refractivity contribution is 0.258. The Morgan fingerprint density at radius 3 is 2.32 bits per heavy atom. The van der Waals surface area contributed by atoms with Crippen molar-refractivity contribution in [3.8, 4) is 5.75 Å². The summed E-state index contributed by atoms with van der Waals surface area (Å²) >= 11 is 6.12. The van der Waals surface area contributed by atoms with E-state index in [1.165, 1.54) is 11.1 Å². The lowest BCUT2D eigenvalue weighted by Crippen LogP contribution is -2.03. The summed E-state index contributed by atoms with van der Waals surface area (Å²) in [4.78, 5) is 0. The predicted molar refractivity (Wildman–Crippen MR) is 77.6 cm³/mol. The zero-order valence-electron chi connectivity index (χ0n) is 11.1. The summed E-state index contributed by atoms with van der Waals surface area (Å²) in [5.74, 6) is 0.564. The molecule has 0 spiro atoms. The summed E-state index contributed by atoms with van der Waals surface area (Å²) in [6, 6.07) is 11.5. The Hall–Kier alpha value is -1.51. The Kier molecular flexibility index (Phi) is 4.46. The average Bonchev–Trinajstić information content (AvgIpc) is 2.39. The van der Waals surface area contributed by atoms with Crippen LogP contribution in [-0.2, 0) is 13.2 Å². The molecular formula is C16H17ClO2. The van der Waals surface area contributed by atoms with Gasteiger partial charge in [-0.1, -0.05) is 41.9 Å². The van der Waals surface area contributed by atoms with Gasteiger partial charge in [0.15, 0.2) is 0 Å². The van der Waals surface area contributed by atoms with E-state index in [1.54, 1.807) is 12.1 Å². The van der Waals surface area contributed by atoms with E-state index in [2.05, 4.69) is 26.0 Å². The van der Waals surface area contributed by atoms with Crippen molar-refractivity contribution in [1.29, 1.82) is 0 Å². The molecule has 0 unspecified atom stereocenters. The third kappa shape index (κ3) is 3.09. The van der Waals surface area contributed by atoms with Crippen LogP contribution in [0, 0.1) is 13.8 Å². The second-order valence-electron chi connectivity index (χ2n) is 4.55. The number of para-hydroxylation sites is 1. The van der Waals surface area contributed by atoms with Gasteiger partial charge in [0.2, 0.25) is 0 Å². The molecule has 0 atom stereocenters. The maximum absolute atomic E-state index is 9.31. The molecule has 0 aromatic heterocycles. The molecule has 0 aliphatic carbocycles. The van der Waals surface area contributed by atoms with Gasteiger partial charge in [-0.05, 0) is 36.6 Å². The Bertz CT molecular complexity index is 559. The number of hydrogen-bond donors (Lipinski definition) is 1. The van der Waals surface area contributed by atoms with Gasteiger partial charge in [0.05, 0.1) is 11.6 Å². The van der Waals surface area contributed by atoms with E-state index in [0.717, 1.165) is 5.56 Å². The monoisotopic (exact) mass is 276 g/mol. The molecule has 0 heterocycles. The molecule has 0 radical (unpaired) electrons. The topological polar surface area (TPSA) is 29.5 Å². The van der Waals surface area contributed by atoms with Gasteiger partial charge in [0, 0.05) is 5.56 Å². The second kappa shape index (κ2) is 6.09. The van der Waals surface area contributed by atoms with E-state index in [1.807, 2.05) is 12.1 Å². The molecule has 2 aromatic carbocycles. The van der Waals surface area contributed by atoms with Gasteiger partial charge in [-0.2, -0.15) is 0 Å². The first-order chi connectivity index (χ1) is 9.13. The van der Waals surface area contributed by atoms with Crippen molar-refractivity contribution in [3.05, 3.63) is 63.7 Å². The molecule has 0 aliphatic heterocycles. The summed E-state index contributed by atoms with van der Waals surface area (Å²) < 4.78 is 5.81. The fraction of sp³-hybridized carbons (Fsp3) is 0.250. The van der Waals surface area contributed by atoms with E-state index in [0.29, 0.717) is 22.9 Å². The van der Waals surface area contributed by atoms with Gasteiger partial charge in [0.1, 0.15) is 12.4 Å². The van der Waals surface area contributed by atoms with Crippen LogP contribution in [0.15, 0.2) is 36.4 Å². The number of aliphatic hydroxyl groups is 1. The van der Waals surface area contributed by atoms with Crippen molar-refractivity contribution in [2.45, 2.75) is 27.1 Å². The number of benzene rings is 2. The van der Waals surface area contributed by atoms with E-state index in [-0.39, 0.29) is 6.61 Å². The molecule has 100 valence electrons. The van der Waals surface area contributed by atoms with Crippen LogP contribution in [0.3, 0.4) is 0 Å². The Morgan fingerprint density at radius 1 is 1.05 bits per heavy atom. The lowest BCUT2D eigenvalue weighted by Gasteiger charge is -2.14. The normalized spacial score (nSPS) is 10.5. The molecule has 0 saturated heterocycles. The lowest BCUT2D eigenvalue weighted by atomic mass is 10.0. The van der Waals surface area contributed by atoms with Gasteiger partial charge in [-0.25, -0.2) is 0 Å². The molecule has 2 rings (SSSR count). The van der Waals surface area contributed by atoms with Gasteiger partial charge in [-0.15, -0.1) is 0 Å². The van der Waals surface area contributed by atoms with Crippen molar-refractivity contribution in [2.75, 3.05) is 0 Å². The summed E-state index contributed by atoms with van der Waals surface area (Å²) in [7, 11) is 0. The number of ether oxygens (including phenoxy) is 1. The van der Waals surface area contributed by atoms with Crippen LogP contribution in [0.25, 0.3) is 0 Å². The van der Waals surface area contributed by atoms with Crippen molar-refractivity contribution in [3.63, 3.8) is 0 Å². The molecule has 0 bridgehead atoms. The predicted octanol–water partition coefficient (Wildman–Crippen LogP) is 4.03. The largest absolute Gasteiger partial charge is 0.487 e. The van der Waals surface area contributed by atoms with Crippen LogP contribution in [0.2, 0.25) is 5.02 Å². The molecule has 3 heteroatoms.